The number of anilines is 1. The lowest BCUT2D eigenvalue weighted by Crippen LogP contribution is -2.28. The van der Waals surface area contributed by atoms with E-state index in [1.165, 1.54) is 19.3 Å². The van der Waals surface area contributed by atoms with E-state index in [9.17, 15) is 4.79 Å². The molecule has 1 amide bonds. The van der Waals surface area contributed by atoms with Crippen molar-refractivity contribution in [3.05, 3.63) is 52.4 Å². The van der Waals surface area contributed by atoms with Crippen molar-refractivity contribution in [1.82, 2.24) is 15.3 Å². The number of nitrogens with zero attached hydrogens (tertiary/aromatic N) is 2. The standard InChI is InChI=1S/C24H27BrN4O3/c1-31-17-11-10-15(19(13-17)32-2)14-27-24(30)22-21(28-16-7-4-3-5-8-16)20-18(23(25)29-22)9-6-12-26-20/h6,9-13,16,28H,3-5,7-8,14H2,1-2H3,(H,27,30). The summed E-state index contributed by atoms with van der Waals surface area (Å²) in [5.41, 5.74) is 2.62. The number of hydrogen-bond acceptors (Lipinski definition) is 6. The van der Waals surface area contributed by atoms with Gasteiger partial charge in [-0.1, -0.05) is 19.3 Å². The molecule has 0 atom stereocenters. The molecule has 1 aliphatic rings. The van der Waals surface area contributed by atoms with E-state index in [1.807, 2.05) is 24.3 Å². The fourth-order valence-electron chi connectivity index (χ4n) is 4.11. The van der Waals surface area contributed by atoms with Crippen molar-refractivity contribution in [2.45, 2.75) is 44.7 Å². The number of hydrogen-bond donors (Lipinski definition) is 2. The molecule has 0 saturated heterocycles. The normalized spacial score (nSPS) is 14.2. The number of rotatable bonds is 7. The van der Waals surface area contributed by atoms with Gasteiger partial charge in [-0.3, -0.25) is 9.78 Å². The van der Waals surface area contributed by atoms with Gasteiger partial charge in [0.1, 0.15) is 16.1 Å². The van der Waals surface area contributed by atoms with Gasteiger partial charge in [0.15, 0.2) is 5.69 Å². The molecule has 0 spiro atoms. The SMILES string of the molecule is COc1ccc(CNC(=O)c2nc(Br)c3cccnc3c2NC2CCCCC2)c(OC)c1. The lowest BCUT2D eigenvalue weighted by molar-refractivity contribution is 0.0946. The minimum Gasteiger partial charge on any atom is -0.497 e. The van der Waals surface area contributed by atoms with Crippen LogP contribution in [0.25, 0.3) is 10.9 Å². The van der Waals surface area contributed by atoms with E-state index in [2.05, 4.69) is 36.5 Å². The van der Waals surface area contributed by atoms with Gasteiger partial charge in [0.25, 0.3) is 5.91 Å². The number of nitrogens with one attached hydrogen (secondary N) is 2. The fourth-order valence-corrected chi connectivity index (χ4v) is 4.60. The quantitative estimate of drug-likeness (QED) is 0.441. The summed E-state index contributed by atoms with van der Waals surface area (Å²) in [4.78, 5) is 22.4. The predicted octanol–water partition coefficient (Wildman–Crippen LogP) is 5.08. The van der Waals surface area contributed by atoms with Gasteiger partial charge >= 0.3 is 0 Å². The first-order valence-electron chi connectivity index (χ1n) is 10.8. The largest absolute Gasteiger partial charge is 0.497 e. The van der Waals surface area contributed by atoms with Crippen molar-refractivity contribution in [2.24, 2.45) is 0 Å². The van der Waals surface area contributed by atoms with Crippen LogP contribution in [0.3, 0.4) is 0 Å². The molecule has 2 heterocycles. The number of fused-ring (bicyclic) bond motifs is 1. The Morgan fingerprint density at radius 1 is 1.16 bits per heavy atom. The first-order valence-corrected chi connectivity index (χ1v) is 11.6. The van der Waals surface area contributed by atoms with Crippen LogP contribution in [0.5, 0.6) is 11.5 Å². The predicted molar refractivity (Wildman–Crippen MR) is 128 cm³/mol. The highest BCUT2D eigenvalue weighted by atomic mass is 79.9. The van der Waals surface area contributed by atoms with Gasteiger partial charge in [-0.05, 0) is 53.0 Å². The number of halogens is 1. The molecule has 8 heteroatoms. The molecular formula is C24H27BrN4O3. The second-order valence-electron chi connectivity index (χ2n) is 7.87. The third-order valence-corrected chi connectivity index (χ3v) is 6.42. The summed E-state index contributed by atoms with van der Waals surface area (Å²) in [5.74, 6) is 1.08. The Morgan fingerprint density at radius 2 is 1.97 bits per heavy atom. The van der Waals surface area contributed by atoms with E-state index in [4.69, 9.17) is 9.47 Å². The molecule has 2 aromatic heterocycles. The molecule has 0 bridgehead atoms. The van der Waals surface area contributed by atoms with Crippen LogP contribution in [-0.4, -0.2) is 36.1 Å². The van der Waals surface area contributed by atoms with Gasteiger partial charge in [0, 0.05) is 35.8 Å². The molecule has 7 nitrogen and oxygen atoms in total. The number of amides is 1. The number of benzene rings is 1. The smallest absolute Gasteiger partial charge is 0.272 e. The van der Waals surface area contributed by atoms with Crippen LogP contribution >= 0.6 is 15.9 Å². The Morgan fingerprint density at radius 3 is 2.72 bits per heavy atom. The van der Waals surface area contributed by atoms with E-state index in [1.54, 1.807) is 26.5 Å². The molecule has 1 fully saturated rings. The first-order chi connectivity index (χ1) is 15.6. The average molecular weight is 499 g/mol. The molecule has 0 radical (unpaired) electrons. The highest BCUT2D eigenvalue weighted by Gasteiger charge is 2.23. The zero-order valence-corrected chi connectivity index (χ0v) is 19.9. The molecule has 0 unspecified atom stereocenters. The van der Waals surface area contributed by atoms with Crippen molar-refractivity contribution in [1.29, 1.82) is 0 Å². The van der Waals surface area contributed by atoms with E-state index in [-0.39, 0.29) is 5.91 Å². The van der Waals surface area contributed by atoms with Crippen molar-refractivity contribution < 1.29 is 14.3 Å². The van der Waals surface area contributed by atoms with Crippen LogP contribution in [0.2, 0.25) is 0 Å². The van der Waals surface area contributed by atoms with E-state index >= 15 is 0 Å². The van der Waals surface area contributed by atoms with E-state index in [0.29, 0.717) is 40.1 Å². The van der Waals surface area contributed by atoms with Gasteiger partial charge in [0.2, 0.25) is 0 Å². The van der Waals surface area contributed by atoms with Crippen molar-refractivity contribution in [3.63, 3.8) is 0 Å². The third-order valence-electron chi connectivity index (χ3n) is 5.82. The summed E-state index contributed by atoms with van der Waals surface area (Å²) in [5, 5.41) is 7.45. The van der Waals surface area contributed by atoms with Gasteiger partial charge in [-0.25, -0.2) is 4.98 Å². The first kappa shape index (κ1) is 22.3. The maximum Gasteiger partial charge on any atom is 0.272 e. The van der Waals surface area contributed by atoms with Crippen LogP contribution in [0, 0.1) is 0 Å². The number of aromatic nitrogens is 2. The van der Waals surface area contributed by atoms with Crippen LogP contribution in [-0.2, 0) is 6.54 Å². The Labute approximate surface area is 196 Å². The highest BCUT2D eigenvalue weighted by Crippen LogP contribution is 2.32. The number of carbonyl (C=O) groups excluding carboxylic acids is 1. The number of methoxy groups -OCH3 is 2. The molecule has 1 aromatic carbocycles. The maximum absolute atomic E-state index is 13.3. The highest BCUT2D eigenvalue weighted by molar-refractivity contribution is 9.10. The fraction of sp³-hybridized carbons (Fsp3) is 0.375. The lowest BCUT2D eigenvalue weighted by atomic mass is 9.95. The number of pyridine rings is 2. The van der Waals surface area contributed by atoms with Gasteiger partial charge in [-0.2, -0.15) is 0 Å². The van der Waals surface area contributed by atoms with Crippen LogP contribution in [0.1, 0.15) is 48.2 Å². The zero-order chi connectivity index (χ0) is 22.5. The summed E-state index contributed by atoms with van der Waals surface area (Å²) in [7, 11) is 3.20. The summed E-state index contributed by atoms with van der Waals surface area (Å²) >= 11 is 3.52. The Hall–Kier alpha value is -2.87. The Bertz CT molecular complexity index is 1120. The topological polar surface area (TPSA) is 85.4 Å². The van der Waals surface area contributed by atoms with Gasteiger partial charge in [0.05, 0.1) is 25.4 Å². The summed E-state index contributed by atoms with van der Waals surface area (Å²) in [6, 6.07) is 9.65. The Balaban J connectivity index is 1.63. The molecular weight excluding hydrogens is 472 g/mol. The van der Waals surface area contributed by atoms with Crippen LogP contribution in [0.15, 0.2) is 41.1 Å². The minimum absolute atomic E-state index is 0.269. The molecule has 0 aliphatic heterocycles. The van der Waals surface area contributed by atoms with Crippen molar-refractivity contribution >= 4 is 38.4 Å². The maximum atomic E-state index is 13.3. The van der Waals surface area contributed by atoms with Gasteiger partial charge < -0.3 is 20.1 Å². The van der Waals surface area contributed by atoms with Gasteiger partial charge in [-0.15, -0.1) is 0 Å². The lowest BCUT2D eigenvalue weighted by Gasteiger charge is -2.25. The van der Waals surface area contributed by atoms with E-state index < -0.39 is 0 Å². The number of carbonyl (C=O) groups is 1. The summed E-state index contributed by atoms with van der Waals surface area (Å²) in [6.07, 6.45) is 7.53. The molecule has 1 saturated carbocycles. The number of ether oxygens (including phenoxy) is 2. The second-order valence-corrected chi connectivity index (χ2v) is 8.62. The summed E-state index contributed by atoms with van der Waals surface area (Å²) < 4.78 is 11.3. The monoisotopic (exact) mass is 498 g/mol. The van der Waals surface area contributed by atoms with Crippen molar-refractivity contribution in [2.75, 3.05) is 19.5 Å². The summed E-state index contributed by atoms with van der Waals surface area (Å²) in [6.45, 7) is 0.300. The van der Waals surface area contributed by atoms with Crippen LogP contribution < -0.4 is 20.1 Å². The minimum atomic E-state index is -0.269. The molecule has 168 valence electrons. The Kier molecular flexibility index (Phi) is 7.09. The zero-order valence-electron chi connectivity index (χ0n) is 18.3. The molecule has 4 rings (SSSR count). The third kappa shape index (κ3) is 4.80. The molecule has 32 heavy (non-hydrogen) atoms. The van der Waals surface area contributed by atoms with E-state index in [0.717, 1.165) is 29.3 Å². The second kappa shape index (κ2) is 10.2. The molecule has 1 aliphatic carbocycles. The molecule has 3 aromatic rings. The molecule has 2 N–H and O–H groups in total. The van der Waals surface area contributed by atoms with Crippen molar-refractivity contribution in [3.8, 4) is 11.5 Å². The average Bonchev–Trinajstić information content (AvgIpc) is 2.84. The van der Waals surface area contributed by atoms with Crippen LogP contribution in [0.4, 0.5) is 5.69 Å².